The molecule has 0 saturated carbocycles. The average Bonchev–Trinajstić information content (AvgIpc) is 2.71. The van der Waals surface area contributed by atoms with Crippen LogP contribution in [0.15, 0.2) is 53.5 Å². The van der Waals surface area contributed by atoms with Crippen LogP contribution >= 0.6 is 24.0 Å². The van der Waals surface area contributed by atoms with E-state index in [4.69, 9.17) is 4.74 Å². The van der Waals surface area contributed by atoms with Crippen LogP contribution in [0.4, 0.5) is 4.39 Å². The van der Waals surface area contributed by atoms with E-state index in [9.17, 15) is 9.18 Å². The summed E-state index contributed by atoms with van der Waals surface area (Å²) in [4.78, 5) is 17.9. The van der Waals surface area contributed by atoms with Gasteiger partial charge < -0.3 is 20.3 Å². The number of guanidine groups is 1. The third-order valence-corrected chi connectivity index (χ3v) is 4.13. The maximum Gasteiger partial charge on any atom is 0.241 e. The second kappa shape index (κ2) is 13.0. The number of likely N-dealkylation sites (N-methyl/N-ethyl adjacent to an activating group) is 1. The number of amides is 1. The molecule has 0 spiro atoms. The van der Waals surface area contributed by atoms with Gasteiger partial charge in [-0.25, -0.2) is 9.38 Å². The minimum Gasteiger partial charge on any atom is -0.497 e. The maximum atomic E-state index is 13.8. The summed E-state index contributed by atoms with van der Waals surface area (Å²) in [6, 6.07) is 14.3. The number of ether oxygens (including phenoxy) is 1. The molecule has 0 aromatic heterocycles. The molecule has 0 heterocycles. The number of halogens is 2. The Labute approximate surface area is 188 Å². The zero-order valence-electron chi connectivity index (χ0n) is 16.9. The van der Waals surface area contributed by atoms with Crippen LogP contribution in [0.25, 0.3) is 0 Å². The van der Waals surface area contributed by atoms with Crippen molar-refractivity contribution in [2.75, 3.05) is 34.3 Å². The van der Waals surface area contributed by atoms with Gasteiger partial charge in [0.05, 0.1) is 20.2 Å². The van der Waals surface area contributed by atoms with Gasteiger partial charge in [-0.3, -0.25) is 4.79 Å². The molecule has 2 N–H and O–H groups in total. The lowest BCUT2D eigenvalue weighted by Crippen LogP contribution is -2.43. The topological polar surface area (TPSA) is 66.0 Å². The van der Waals surface area contributed by atoms with E-state index in [1.807, 2.05) is 30.3 Å². The van der Waals surface area contributed by atoms with E-state index in [1.54, 1.807) is 33.3 Å². The Kier molecular flexibility index (Phi) is 11.0. The van der Waals surface area contributed by atoms with Crippen molar-refractivity contribution in [3.63, 3.8) is 0 Å². The number of nitrogens with zero attached hydrogens (tertiary/aromatic N) is 2. The van der Waals surface area contributed by atoms with Crippen LogP contribution < -0.4 is 15.4 Å². The number of hydrogen-bond acceptors (Lipinski definition) is 3. The Morgan fingerprint density at radius 1 is 1.10 bits per heavy atom. The summed E-state index contributed by atoms with van der Waals surface area (Å²) >= 11 is 0. The molecule has 6 nitrogen and oxygen atoms in total. The number of hydrogen-bond donors (Lipinski definition) is 2. The molecule has 2 rings (SSSR count). The van der Waals surface area contributed by atoms with Crippen LogP contribution in [0.2, 0.25) is 0 Å². The van der Waals surface area contributed by atoms with Crippen molar-refractivity contribution in [2.45, 2.75) is 13.0 Å². The standard InChI is InChI=1S/C21H27FN4O2.HI/c1-26(2)20(27)15-25-21(23-13-12-17-6-4-5-7-19(17)22)24-14-16-8-10-18(28-3)11-9-16;/h4-11H,12-15H2,1-3H3,(H2,23,24,25);1H. The first-order valence-electron chi connectivity index (χ1n) is 9.08. The molecule has 1 amide bonds. The number of rotatable bonds is 8. The van der Waals surface area contributed by atoms with E-state index >= 15 is 0 Å². The molecule has 0 atom stereocenters. The van der Waals surface area contributed by atoms with Crippen molar-refractivity contribution >= 4 is 35.8 Å². The van der Waals surface area contributed by atoms with Gasteiger partial charge >= 0.3 is 0 Å². The highest BCUT2D eigenvalue weighted by Crippen LogP contribution is 2.12. The zero-order chi connectivity index (χ0) is 20.4. The minimum atomic E-state index is -0.225. The number of aliphatic imine (C=N–C) groups is 1. The molecule has 0 radical (unpaired) electrons. The molecule has 29 heavy (non-hydrogen) atoms. The monoisotopic (exact) mass is 514 g/mol. The minimum absolute atomic E-state index is 0. The summed E-state index contributed by atoms with van der Waals surface area (Å²) in [7, 11) is 5.02. The zero-order valence-corrected chi connectivity index (χ0v) is 19.3. The summed E-state index contributed by atoms with van der Waals surface area (Å²) in [5.41, 5.74) is 1.64. The molecule has 0 bridgehead atoms. The van der Waals surface area contributed by atoms with Crippen molar-refractivity contribution in [3.8, 4) is 5.75 Å². The highest BCUT2D eigenvalue weighted by molar-refractivity contribution is 14.0. The summed E-state index contributed by atoms with van der Waals surface area (Å²) < 4.78 is 18.9. The van der Waals surface area contributed by atoms with Crippen molar-refractivity contribution < 1.29 is 13.9 Å². The van der Waals surface area contributed by atoms with Crippen LogP contribution in [0.3, 0.4) is 0 Å². The van der Waals surface area contributed by atoms with Crippen LogP contribution in [-0.2, 0) is 17.8 Å². The molecule has 0 saturated heterocycles. The predicted molar refractivity (Wildman–Crippen MR) is 124 cm³/mol. The first kappa shape index (κ1) is 24.7. The van der Waals surface area contributed by atoms with Crippen molar-refractivity contribution in [1.82, 2.24) is 15.5 Å². The number of carbonyl (C=O) groups excluding carboxylic acids is 1. The van der Waals surface area contributed by atoms with Crippen LogP contribution in [0.5, 0.6) is 5.75 Å². The second-order valence-electron chi connectivity index (χ2n) is 6.42. The van der Waals surface area contributed by atoms with Gasteiger partial charge in [0.1, 0.15) is 11.6 Å². The van der Waals surface area contributed by atoms with Gasteiger partial charge in [-0.05, 0) is 35.7 Å². The lowest BCUT2D eigenvalue weighted by atomic mass is 10.1. The molecule has 2 aromatic rings. The Bertz CT molecular complexity index is 798. The summed E-state index contributed by atoms with van der Waals surface area (Å²) in [6.45, 7) is 1.06. The van der Waals surface area contributed by atoms with Crippen LogP contribution in [0.1, 0.15) is 11.1 Å². The van der Waals surface area contributed by atoms with Crippen LogP contribution in [-0.4, -0.2) is 51.1 Å². The maximum absolute atomic E-state index is 13.8. The van der Waals surface area contributed by atoms with Gasteiger partial charge in [0.25, 0.3) is 0 Å². The predicted octanol–water partition coefficient (Wildman–Crippen LogP) is 2.82. The number of carbonyl (C=O) groups is 1. The number of nitrogens with one attached hydrogen (secondary N) is 2. The fourth-order valence-electron chi connectivity index (χ4n) is 2.41. The highest BCUT2D eigenvalue weighted by Gasteiger charge is 2.07. The molecular formula is C21H28FIN4O2. The Morgan fingerprint density at radius 3 is 2.41 bits per heavy atom. The van der Waals surface area contributed by atoms with Gasteiger partial charge in [0.15, 0.2) is 5.96 Å². The third kappa shape index (κ3) is 8.68. The largest absolute Gasteiger partial charge is 0.497 e. The number of benzene rings is 2. The van der Waals surface area contributed by atoms with Crippen molar-refractivity contribution in [3.05, 3.63) is 65.5 Å². The number of methoxy groups -OCH3 is 1. The quantitative estimate of drug-likeness (QED) is 0.323. The lowest BCUT2D eigenvalue weighted by Gasteiger charge is -2.15. The summed E-state index contributed by atoms with van der Waals surface area (Å²) in [5.74, 6) is 0.998. The van der Waals surface area contributed by atoms with Gasteiger partial charge in [0.2, 0.25) is 5.91 Å². The van der Waals surface area contributed by atoms with E-state index in [0.717, 1.165) is 11.3 Å². The van der Waals surface area contributed by atoms with E-state index in [1.165, 1.54) is 11.0 Å². The molecule has 0 fully saturated rings. The van der Waals surface area contributed by atoms with Gasteiger partial charge in [-0.1, -0.05) is 30.3 Å². The smallest absolute Gasteiger partial charge is 0.241 e. The van der Waals surface area contributed by atoms with Gasteiger partial charge in [-0.2, -0.15) is 0 Å². The van der Waals surface area contributed by atoms with E-state index < -0.39 is 0 Å². The first-order valence-corrected chi connectivity index (χ1v) is 9.08. The average molecular weight is 514 g/mol. The van der Waals surface area contributed by atoms with Gasteiger partial charge in [0, 0.05) is 20.6 Å². The molecule has 0 aliphatic carbocycles. The Morgan fingerprint density at radius 2 is 1.79 bits per heavy atom. The van der Waals surface area contributed by atoms with Gasteiger partial charge in [-0.15, -0.1) is 24.0 Å². The van der Waals surface area contributed by atoms with E-state index in [2.05, 4.69) is 15.6 Å². The molecule has 0 aliphatic heterocycles. The molecule has 0 aliphatic rings. The summed E-state index contributed by atoms with van der Waals surface area (Å²) in [6.07, 6.45) is 0.511. The molecule has 158 valence electrons. The normalized spacial score (nSPS) is 10.7. The fourth-order valence-corrected chi connectivity index (χ4v) is 2.41. The van der Waals surface area contributed by atoms with Crippen molar-refractivity contribution in [2.24, 2.45) is 4.99 Å². The Balaban J connectivity index is 0.00000420. The fraction of sp³-hybridized carbons (Fsp3) is 0.333. The Hall–Kier alpha value is -2.36. The third-order valence-electron chi connectivity index (χ3n) is 4.13. The van der Waals surface area contributed by atoms with E-state index in [0.29, 0.717) is 31.0 Å². The van der Waals surface area contributed by atoms with E-state index in [-0.39, 0.29) is 42.2 Å². The summed E-state index contributed by atoms with van der Waals surface area (Å²) in [5, 5.41) is 6.18. The lowest BCUT2D eigenvalue weighted by molar-refractivity contribution is -0.127. The first-order chi connectivity index (χ1) is 13.5. The highest BCUT2D eigenvalue weighted by atomic mass is 127. The SMILES string of the molecule is COc1ccc(CN=C(NCCc2ccccc2F)NCC(=O)N(C)C)cc1.I. The second-order valence-corrected chi connectivity index (χ2v) is 6.42. The van der Waals surface area contributed by atoms with Crippen molar-refractivity contribution in [1.29, 1.82) is 0 Å². The van der Waals surface area contributed by atoms with Crippen LogP contribution in [0, 0.1) is 5.82 Å². The molecular weight excluding hydrogens is 486 g/mol. The molecule has 8 heteroatoms. The molecule has 0 unspecified atom stereocenters. The molecule has 2 aromatic carbocycles.